The van der Waals surface area contributed by atoms with E-state index in [1.54, 1.807) is 6.20 Å². The molecule has 0 fully saturated rings. The fraction of sp³-hybridized carbons (Fsp3) is 0.444. The van der Waals surface area contributed by atoms with Crippen LogP contribution in [0.3, 0.4) is 0 Å². The number of benzene rings is 1. The standard InChI is InChI=1S/C18H24N2O2/c1-3-14(4-2)18(21)20-12-7-13-22-16-10-5-8-15-9-6-11-19-17(15)16/h5-6,8-11,14H,3-4,7,12-13H2,1-2H3,(H,20,21). The molecule has 0 aliphatic rings. The van der Waals surface area contributed by atoms with Crippen molar-refractivity contribution in [1.29, 1.82) is 0 Å². The van der Waals surface area contributed by atoms with Crippen LogP contribution in [0.4, 0.5) is 0 Å². The summed E-state index contributed by atoms with van der Waals surface area (Å²) in [4.78, 5) is 16.2. The minimum Gasteiger partial charge on any atom is -0.491 e. The van der Waals surface area contributed by atoms with Crippen molar-refractivity contribution >= 4 is 16.8 Å². The number of rotatable bonds is 8. The highest BCUT2D eigenvalue weighted by Gasteiger charge is 2.12. The van der Waals surface area contributed by atoms with Gasteiger partial charge in [-0.1, -0.05) is 32.0 Å². The highest BCUT2D eigenvalue weighted by atomic mass is 16.5. The Morgan fingerprint density at radius 3 is 2.77 bits per heavy atom. The van der Waals surface area contributed by atoms with Crippen LogP contribution in [-0.2, 0) is 4.79 Å². The highest BCUT2D eigenvalue weighted by Crippen LogP contribution is 2.22. The van der Waals surface area contributed by atoms with Gasteiger partial charge < -0.3 is 10.1 Å². The largest absolute Gasteiger partial charge is 0.491 e. The maximum atomic E-state index is 11.9. The normalized spacial score (nSPS) is 10.9. The van der Waals surface area contributed by atoms with E-state index in [-0.39, 0.29) is 11.8 Å². The Kier molecular flexibility index (Phi) is 6.19. The summed E-state index contributed by atoms with van der Waals surface area (Å²) in [7, 11) is 0. The Morgan fingerprint density at radius 2 is 2.00 bits per heavy atom. The van der Waals surface area contributed by atoms with E-state index in [0.717, 1.165) is 35.9 Å². The Hall–Kier alpha value is -2.10. The molecule has 1 N–H and O–H groups in total. The van der Waals surface area contributed by atoms with Gasteiger partial charge in [0.15, 0.2) is 0 Å². The maximum Gasteiger partial charge on any atom is 0.223 e. The van der Waals surface area contributed by atoms with E-state index >= 15 is 0 Å². The minimum absolute atomic E-state index is 0.128. The third kappa shape index (κ3) is 4.20. The second-order valence-electron chi connectivity index (χ2n) is 5.34. The Labute approximate surface area is 131 Å². The van der Waals surface area contributed by atoms with Crippen molar-refractivity contribution in [3.8, 4) is 5.75 Å². The van der Waals surface area contributed by atoms with Crippen molar-refractivity contribution in [2.45, 2.75) is 33.1 Å². The molecule has 22 heavy (non-hydrogen) atoms. The fourth-order valence-corrected chi connectivity index (χ4v) is 2.46. The number of nitrogens with one attached hydrogen (secondary N) is 1. The molecule has 4 nitrogen and oxygen atoms in total. The highest BCUT2D eigenvalue weighted by molar-refractivity contribution is 5.84. The van der Waals surface area contributed by atoms with Crippen LogP contribution in [0, 0.1) is 5.92 Å². The number of aromatic nitrogens is 1. The molecule has 1 heterocycles. The van der Waals surface area contributed by atoms with E-state index in [2.05, 4.69) is 10.3 Å². The molecule has 1 aromatic heterocycles. The average Bonchev–Trinajstić information content (AvgIpc) is 2.56. The third-order valence-corrected chi connectivity index (χ3v) is 3.83. The molecular formula is C18H24N2O2. The molecule has 0 aliphatic carbocycles. The monoisotopic (exact) mass is 300 g/mol. The summed E-state index contributed by atoms with van der Waals surface area (Å²) < 4.78 is 5.80. The lowest BCUT2D eigenvalue weighted by atomic mass is 10.0. The SMILES string of the molecule is CCC(CC)C(=O)NCCCOc1cccc2cccnc12. The van der Waals surface area contributed by atoms with Gasteiger partial charge in [-0.25, -0.2) is 0 Å². The predicted molar refractivity (Wildman–Crippen MR) is 88.9 cm³/mol. The van der Waals surface area contributed by atoms with Gasteiger partial charge >= 0.3 is 0 Å². The van der Waals surface area contributed by atoms with Crippen LogP contribution in [0.1, 0.15) is 33.1 Å². The van der Waals surface area contributed by atoms with Gasteiger partial charge in [-0.3, -0.25) is 9.78 Å². The summed E-state index contributed by atoms with van der Waals surface area (Å²) in [6.07, 6.45) is 4.33. The number of nitrogens with zero attached hydrogens (tertiary/aromatic N) is 1. The smallest absolute Gasteiger partial charge is 0.223 e. The Balaban J connectivity index is 1.78. The average molecular weight is 300 g/mol. The first-order valence-electron chi connectivity index (χ1n) is 8.00. The summed E-state index contributed by atoms with van der Waals surface area (Å²) in [5.41, 5.74) is 0.881. The van der Waals surface area contributed by atoms with Gasteiger partial charge in [0.25, 0.3) is 0 Å². The van der Waals surface area contributed by atoms with Crippen LogP contribution in [0.2, 0.25) is 0 Å². The molecule has 2 rings (SSSR count). The van der Waals surface area contributed by atoms with Crippen molar-refractivity contribution in [3.05, 3.63) is 36.5 Å². The molecule has 118 valence electrons. The topological polar surface area (TPSA) is 51.2 Å². The molecular weight excluding hydrogens is 276 g/mol. The lowest BCUT2D eigenvalue weighted by Crippen LogP contribution is -2.31. The molecule has 0 saturated carbocycles. The number of pyridine rings is 1. The fourth-order valence-electron chi connectivity index (χ4n) is 2.46. The number of hydrogen-bond donors (Lipinski definition) is 1. The molecule has 1 aromatic carbocycles. The molecule has 0 radical (unpaired) electrons. The van der Waals surface area contributed by atoms with Gasteiger partial charge in [-0.05, 0) is 31.4 Å². The van der Waals surface area contributed by atoms with E-state index in [0.29, 0.717) is 13.2 Å². The van der Waals surface area contributed by atoms with Gasteiger partial charge in [-0.2, -0.15) is 0 Å². The number of carbonyl (C=O) groups is 1. The summed E-state index contributed by atoms with van der Waals surface area (Å²) in [6.45, 7) is 5.31. The van der Waals surface area contributed by atoms with Gasteiger partial charge in [0.2, 0.25) is 5.91 Å². The molecule has 0 bridgehead atoms. The quantitative estimate of drug-likeness (QED) is 0.758. The lowest BCUT2D eigenvalue weighted by Gasteiger charge is -2.13. The van der Waals surface area contributed by atoms with E-state index in [1.807, 2.05) is 44.2 Å². The molecule has 0 aliphatic heterocycles. The zero-order valence-corrected chi connectivity index (χ0v) is 13.3. The minimum atomic E-state index is 0.128. The predicted octanol–water partition coefficient (Wildman–Crippen LogP) is 3.56. The molecule has 0 unspecified atom stereocenters. The first-order valence-corrected chi connectivity index (χ1v) is 8.00. The number of fused-ring (bicyclic) bond motifs is 1. The molecule has 0 spiro atoms. The van der Waals surface area contributed by atoms with Crippen molar-refractivity contribution in [2.75, 3.05) is 13.2 Å². The Bertz CT molecular complexity index is 604. The van der Waals surface area contributed by atoms with Crippen molar-refractivity contribution < 1.29 is 9.53 Å². The van der Waals surface area contributed by atoms with Crippen LogP contribution in [-0.4, -0.2) is 24.0 Å². The van der Waals surface area contributed by atoms with Crippen molar-refractivity contribution in [2.24, 2.45) is 5.92 Å². The zero-order valence-electron chi connectivity index (χ0n) is 13.3. The van der Waals surface area contributed by atoms with E-state index in [1.165, 1.54) is 0 Å². The number of hydrogen-bond acceptors (Lipinski definition) is 3. The molecule has 0 saturated heterocycles. The van der Waals surface area contributed by atoms with Gasteiger partial charge in [0.1, 0.15) is 11.3 Å². The first kappa shape index (κ1) is 16.3. The van der Waals surface area contributed by atoms with Gasteiger partial charge in [-0.15, -0.1) is 0 Å². The Morgan fingerprint density at radius 1 is 1.23 bits per heavy atom. The number of carbonyl (C=O) groups excluding carboxylic acids is 1. The second-order valence-corrected chi connectivity index (χ2v) is 5.34. The molecule has 4 heteroatoms. The van der Waals surface area contributed by atoms with E-state index < -0.39 is 0 Å². The third-order valence-electron chi connectivity index (χ3n) is 3.83. The van der Waals surface area contributed by atoms with Gasteiger partial charge in [0, 0.05) is 24.0 Å². The van der Waals surface area contributed by atoms with E-state index in [4.69, 9.17) is 4.74 Å². The zero-order chi connectivity index (χ0) is 15.8. The number of amides is 1. The number of ether oxygens (including phenoxy) is 1. The maximum absolute atomic E-state index is 11.9. The van der Waals surface area contributed by atoms with Crippen molar-refractivity contribution in [3.63, 3.8) is 0 Å². The van der Waals surface area contributed by atoms with Gasteiger partial charge in [0.05, 0.1) is 6.61 Å². The van der Waals surface area contributed by atoms with Crippen LogP contribution in [0.15, 0.2) is 36.5 Å². The first-order chi connectivity index (χ1) is 10.8. The van der Waals surface area contributed by atoms with Crippen LogP contribution < -0.4 is 10.1 Å². The summed E-state index contributed by atoms with van der Waals surface area (Å²) in [6, 6.07) is 9.85. The molecule has 1 amide bonds. The number of para-hydroxylation sites is 1. The summed E-state index contributed by atoms with van der Waals surface area (Å²) in [5.74, 6) is 1.07. The van der Waals surface area contributed by atoms with Crippen LogP contribution >= 0.6 is 0 Å². The van der Waals surface area contributed by atoms with E-state index in [9.17, 15) is 4.79 Å². The molecule has 2 aromatic rings. The molecule has 0 atom stereocenters. The van der Waals surface area contributed by atoms with Crippen LogP contribution in [0.25, 0.3) is 10.9 Å². The van der Waals surface area contributed by atoms with Crippen molar-refractivity contribution in [1.82, 2.24) is 10.3 Å². The summed E-state index contributed by atoms with van der Waals surface area (Å²) in [5, 5.41) is 4.04. The summed E-state index contributed by atoms with van der Waals surface area (Å²) >= 11 is 0. The lowest BCUT2D eigenvalue weighted by molar-refractivity contribution is -0.125. The second kappa shape index (κ2) is 8.37. The van der Waals surface area contributed by atoms with Crippen LogP contribution in [0.5, 0.6) is 5.75 Å².